The van der Waals surface area contributed by atoms with Crippen molar-refractivity contribution in [3.05, 3.63) is 0 Å². The number of carboxylic acid groups (broad SMARTS) is 1. The molecule has 0 aliphatic carbocycles. The van der Waals surface area contributed by atoms with Crippen molar-refractivity contribution in [1.82, 2.24) is 0 Å². The summed E-state index contributed by atoms with van der Waals surface area (Å²) in [6.07, 6.45) is -2.28. The van der Waals surface area contributed by atoms with Gasteiger partial charge in [0.1, 0.15) is 19.0 Å². The lowest BCUT2D eigenvalue weighted by molar-refractivity contribution is -0.158. The average molecular weight is 196 g/mol. The van der Waals surface area contributed by atoms with Crippen LogP contribution in [0.1, 0.15) is 13.3 Å². The maximum Gasteiger partial charge on any atom is 0.306 e. The van der Waals surface area contributed by atoms with E-state index >= 15 is 0 Å². The minimum atomic E-state index is -3.26. The molecule has 76 valence electrons. The summed E-state index contributed by atoms with van der Waals surface area (Å²) in [5.41, 5.74) is 0. The molecule has 1 N–H and O–H groups in total. The van der Waals surface area contributed by atoms with Crippen molar-refractivity contribution >= 4 is 12.3 Å². The van der Waals surface area contributed by atoms with Gasteiger partial charge in [-0.3, -0.25) is 4.79 Å². The van der Waals surface area contributed by atoms with Crippen LogP contribution in [0.25, 0.3) is 0 Å². The molecule has 0 aliphatic heterocycles. The van der Waals surface area contributed by atoms with Crippen molar-refractivity contribution in [3.63, 3.8) is 0 Å². The number of hydrogen-bond acceptors (Lipinski definition) is 3. The van der Waals surface area contributed by atoms with E-state index in [4.69, 9.17) is 5.11 Å². The number of aliphatic carboxylic acids is 1. The molecule has 0 bridgehead atoms. The molecular formula is C7H10F2O4. The number of carbonyl (C=O) groups is 2. The molecule has 0 aromatic carbocycles. The summed E-state index contributed by atoms with van der Waals surface area (Å²) in [5, 5.41) is 8.24. The topological polar surface area (TPSA) is 63.6 Å². The van der Waals surface area contributed by atoms with Gasteiger partial charge in [-0.25, -0.2) is 8.78 Å². The van der Waals surface area contributed by atoms with Crippen LogP contribution in [0.2, 0.25) is 0 Å². The summed E-state index contributed by atoms with van der Waals surface area (Å²) in [7, 11) is 0. The fraction of sp³-hybridized carbons (Fsp3) is 0.714. The highest BCUT2D eigenvalue weighted by atomic mass is 19.3. The van der Waals surface area contributed by atoms with Crippen molar-refractivity contribution < 1.29 is 28.2 Å². The van der Waals surface area contributed by atoms with E-state index in [2.05, 4.69) is 4.74 Å². The van der Waals surface area contributed by atoms with Crippen LogP contribution < -0.4 is 0 Å². The molecule has 1 atom stereocenters. The fourth-order valence-electron chi connectivity index (χ4n) is 0.699. The van der Waals surface area contributed by atoms with E-state index in [1.165, 1.54) is 0 Å². The molecule has 0 saturated carbocycles. The number of ether oxygens (including phenoxy) is 1. The third-order valence-electron chi connectivity index (χ3n) is 1.29. The lowest BCUT2D eigenvalue weighted by Crippen LogP contribution is -2.35. The van der Waals surface area contributed by atoms with Gasteiger partial charge in [0.15, 0.2) is 0 Å². The molecule has 0 fully saturated rings. The predicted octanol–water partition coefficient (Wildman–Crippen LogP) is 0.700. The van der Waals surface area contributed by atoms with E-state index in [9.17, 15) is 18.4 Å². The second kappa shape index (κ2) is 4.86. The Bertz CT molecular complexity index is 187. The first-order chi connectivity index (χ1) is 5.88. The molecule has 4 nitrogen and oxygen atoms in total. The number of alkyl halides is 2. The number of halogens is 2. The van der Waals surface area contributed by atoms with Crippen molar-refractivity contribution in [2.45, 2.75) is 25.4 Å². The van der Waals surface area contributed by atoms with Crippen LogP contribution in [0.4, 0.5) is 8.78 Å². The summed E-state index contributed by atoms with van der Waals surface area (Å²) in [6, 6.07) is 0. The van der Waals surface area contributed by atoms with Crippen molar-refractivity contribution in [2.75, 3.05) is 6.61 Å². The first-order valence-electron chi connectivity index (χ1n) is 3.52. The maximum absolute atomic E-state index is 12.6. The van der Waals surface area contributed by atoms with Gasteiger partial charge in [-0.05, 0) is 0 Å². The minimum Gasteiger partial charge on any atom is -0.481 e. The summed E-state index contributed by atoms with van der Waals surface area (Å²) in [5.74, 6) is -4.65. The maximum atomic E-state index is 12.6. The number of hydrogen-bond donors (Lipinski definition) is 1. The zero-order valence-corrected chi connectivity index (χ0v) is 7.00. The second-order valence-electron chi connectivity index (χ2n) is 2.54. The molecule has 0 heterocycles. The molecule has 13 heavy (non-hydrogen) atoms. The number of carbonyl (C=O) groups excluding carboxylic acids is 1. The quantitative estimate of drug-likeness (QED) is 0.635. The van der Waals surface area contributed by atoms with E-state index in [-0.39, 0.29) is 0 Å². The number of rotatable bonds is 6. The number of aldehydes is 1. The van der Waals surface area contributed by atoms with E-state index in [0.29, 0.717) is 13.2 Å². The second-order valence-corrected chi connectivity index (χ2v) is 2.54. The average Bonchev–Trinajstić information content (AvgIpc) is 1.95. The fourth-order valence-corrected chi connectivity index (χ4v) is 0.699. The molecule has 6 heteroatoms. The molecule has 0 aliphatic rings. The van der Waals surface area contributed by atoms with Gasteiger partial charge in [0.2, 0.25) is 0 Å². The SMILES string of the molecule is CC(F)(F)C(CC(=O)O)OCC=O. The minimum absolute atomic E-state index is 0.292. The van der Waals surface area contributed by atoms with Crippen LogP contribution in [-0.4, -0.2) is 36.0 Å². The normalized spacial score (nSPS) is 13.8. The smallest absolute Gasteiger partial charge is 0.306 e. The van der Waals surface area contributed by atoms with Crippen LogP contribution in [0.3, 0.4) is 0 Å². The van der Waals surface area contributed by atoms with E-state index in [1.54, 1.807) is 0 Å². The van der Waals surface area contributed by atoms with Crippen molar-refractivity contribution in [3.8, 4) is 0 Å². The van der Waals surface area contributed by atoms with Gasteiger partial charge in [0, 0.05) is 6.92 Å². The van der Waals surface area contributed by atoms with E-state index in [1.807, 2.05) is 0 Å². The standard InChI is InChI=1S/C7H10F2O4/c1-7(8,9)5(4-6(11)12)13-3-2-10/h2,5H,3-4H2,1H3,(H,11,12). The molecule has 0 radical (unpaired) electrons. The summed E-state index contributed by atoms with van der Waals surface area (Å²) in [4.78, 5) is 19.9. The van der Waals surface area contributed by atoms with Gasteiger partial charge in [0.05, 0.1) is 6.42 Å². The zero-order chi connectivity index (χ0) is 10.5. The third-order valence-corrected chi connectivity index (χ3v) is 1.29. The van der Waals surface area contributed by atoms with Crippen LogP contribution in [0, 0.1) is 0 Å². The predicted molar refractivity (Wildman–Crippen MR) is 38.7 cm³/mol. The van der Waals surface area contributed by atoms with Gasteiger partial charge in [0.25, 0.3) is 5.92 Å². The molecule has 0 saturated heterocycles. The van der Waals surface area contributed by atoms with Gasteiger partial charge in [-0.2, -0.15) is 0 Å². The Kier molecular flexibility index (Phi) is 4.47. The lowest BCUT2D eigenvalue weighted by atomic mass is 10.1. The van der Waals surface area contributed by atoms with Crippen LogP contribution in [0.5, 0.6) is 0 Å². The Hall–Kier alpha value is -1.04. The summed E-state index contributed by atoms with van der Waals surface area (Å²) >= 11 is 0. The third kappa shape index (κ3) is 5.24. The molecular weight excluding hydrogens is 186 g/mol. The van der Waals surface area contributed by atoms with Crippen molar-refractivity contribution in [1.29, 1.82) is 0 Å². The molecule has 0 aromatic rings. The molecule has 1 unspecified atom stereocenters. The molecule has 0 spiro atoms. The number of carboxylic acids is 1. The zero-order valence-electron chi connectivity index (χ0n) is 7.00. The Morgan fingerprint density at radius 3 is 2.54 bits per heavy atom. The van der Waals surface area contributed by atoms with Gasteiger partial charge < -0.3 is 14.6 Å². The Labute approximate surface area is 73.5 Å². The van der Waals surface area contributed by atoms with Crippen LogP contribution >= 0.6 is 0 Å². The Morgan fingerprint density at radius 1 is 1.69 bits per heavy atom. The summed E-state index contributed by atoms with van der Waals surface area (Å²) in [6.45, 7) is 0.0206. The highest BCUT2D eigenvalue weighted by Gasteiger charge is 2.36. The highest BCUT2D eigenvalue weighted by molar-refractivity contribution is 5.67. The first-order valence-corrected chi connectivity index (χ1v) is 3.52. The van der Waals surface area contributed by atoms with E-state index in [0.717, 1.165) is 0 Å². The van der Waals surface area contributed by atoms with Gasteiger partial charge >= 0.3 is 5.97 Å². The molecule has 0 amide bonds. The highest BCUT2D eigenvalue weighted by Crippen LogP contribution is 2.22. The lowest BCUT2D eigenvalue weighted by Gasteiger charge is -2.21. The summed E-state index contributed by atoms with van der Waals surface area (Å²) < 4.78 is 29.5. The van der Waals surface area contributed by atoms with Crippen molar-refractivity contribution in [2.24, 2.45) is 0 Å². The van der Waals surface area contributed by atoms with Crippen LogP contribution in [0.15, 0.2) is 0 Å². The van der Waals surface area contributed by atoms with Crippen LogP contribution in [-0.2, 0) is 14.3 Å². The Balaban J connectivity index is 4.19. The monoisotopic (exact) mass is 196 g/mol. The van der Waals surface area contributed by atoms with Gasteiger partial charge in [-0.1, -0.05) is 0 Å². The van der Waals surface area contributed by atoms with E-state index < -0.39 is 31.0 Å². The largest absolute Gasteiger partial charge is 0.481 e. The molecule has 0 rings (SSSR count). The first kappa shape index (κ1) is 12.0. The Morgan fingerprint density at radius 2 is 2.23 bits per heavy atom. The van der Waals surface area contributed by atoms with Gasteiger partial charge in [-0.15, -0.1) is 0 Å². The molecule has 0 aromatic heterocycles.